The van der Waals surface area contributed by atoms with Crippen molar-refractivity contribution >= 4 is 16.6 Å². The molecule has 0 heterocycles. The van der Waals surface area contributed by atoms with Crippen LogP contribution in [0.1, 0.15) is 35.6 Å². The maximum absolute atomic E-state index is 12.3. The van der Waals surface area contributed by atoms with Gasteiger partial charge in [-0.2, -0.15) is 0 Å². The highest BCUT2D eigenvalue weighted by Crippen LogP contribution is 2.23. The predicted molar refractivity (Wildman–Crippen MR) is 107 cm³/mol. The van der Waals surface area contributed by atoms with E-state index in [9.17, 15) is 4.79 Å². The average Bonchev–Trinajstić information content (AvgIpc) is 2.65. The van der Waals surface area contributed by atoms with Crippen molar-refractivity contribution in [3.8, 4) is 5.75 Å². The third kappa shape index (κ3) is 4.50. The summed E-state index contributed by atoms with van der Waals surface area (Å²) in [5.41, 5.74) is 9.56. The first-order valence-electron chi connectivity index (χ1n) is 8.95. The van der Waals surface area contributed by atoms with Gasteiger partial charge in [0.15, 0.2) is 0 Å². The number of benzene rings is 3. The number of fused-ring (bicyclic) bond motifs is 1. The van der Waals surface area contributed by atoms with E-state index >= 15 is 0 Å². The van der Waals surface area contributed by atoms with Crippen LogP contribution in [0.4, 0.5) is 0 Å². The van der Waals surface area contributed by atoms with E-state index in [2.05, 4.69) is 24.3 Å². The Hall–Kier alpha value is -2.65. The van der Waals surface area contributed by atoms with Gasteiger partial charge in [0, 0.05) is 18.9 Å². The quantitative estimate of drug-likeness (QED) is 0.671. The summed E-state index contributed by atoms with van der Waals surface area (Å²) in [6.07, 6.45) is 1.64. The van der Waals surface area contributed by atoms with Gasteiger partial charge in [-0.3, -0.25) is 4.79 Å². The Kier molecular flexibility index (Phi) is 5.69. The molecular weight excluding hydrogens is 322 g/mol. The molecule has 2 N–H and O–H groups in total. The molecule has 0 aliphatic heterocycles. The second kappa shape index (κ2) is 8.15. The maximum atomic E-state index is 12.3. The Morgan fingerprint density at radius 1 is 1.04 bits per heavy atom. The van der Waals surface area contributed by atoms with Crippen molar-refractivity contribution in [1.82, 2.24) is 0 Å². The zero-order chi connectivity index (χ0) is 18.5. The highest BCUT2D eigenvalue weighted by molar-refractivity contribution is 5.85. The number of ether oxygens (including phenoxy) is 1. The second-order valence-corrected chi connectivity index (χ2v) is 6.81. The van der Waals surface area contributed by atoms with Crippen LogP contribution in [0.25, 0.3) is 10.8 Å². The number of aryl methyl sites for hydroxylation is 2. The molecule has 3 heteroatoms. The lowest BCUT2D eigenvalue weighted by atomic mass is 9.97. The van der Waals surface area contributed by atoms with E-state index in [0.717, 1.165) is 34.1 Å². The molecule has 0 aliphatic carbocycles. The van der Waals surface area contributed by atoms with Crippen LogP contribution in [0.3, 0.4) is 0 Å². The third-order valence-electron chi connectivity index (χ3n) is 4.72. The number of hydrogen-bond donors (Lipinski definition) is 1. The summed E-state index contributed by atoms with van der Waals surface area (Å²) in [5, 5.41) is 2.30. The van der Waals surface area contributed by atoms with E-state index in [1.807, 2.05) is 43.3 Å². The standard InChI is InChI=1S/C23H25NO2/c1-16-4-3-5-20(12-16)23(24)15-21(25)10-7-17-6-8-19-14-22(26-2)11-9-18(19)13-17/h3-6,8-9,11-14,23H,7,10,15,24H2,1-2H3. The molecule has 0 saturated carbocycles. The molecule has 0 aliphatic rings. The zero-order valence-corrected chi connectivity index (χ0v) is 15.4. The summed E-state index contributed by atoms with van der Waals surface area (Å²) < 4.78 is 5.26. The molecule has 0 saturated heterocycles. The first-order chi connectivity index (χ1) is 12.5. The van der Waals surface area contributed by atoms with Crippen molar-refractivity contribution in [1.29, 1.82) is 0 Å². The van der Waals surface area contributed by atoms with Crippen molar-refractivity contribution in [2.45, 2.75) is 32.2 Å². The summed E-state index contributed by atoms with van der Waals surface area (Å²) >= 11 is 0. The van der Waals surface area contributed by atoms with E-state index in [0.29, 0.717) is 12.8 Å². The largest absolute Gasteiger partial charge is 0.497 e. The van der Waals surface area contributed by atoms with Crippen molar-refractivity contribution in [3.05, 3.63) is 77.4 Å². The SMILES string of the molecule is COc1ccc2cc(CCC(=O)CC(N)c3cccc(C)c3)ccc2c1. The van der Waals surface area contributed by atoms with Crippen LogP contribution in [0.15, 0.2) is 60.7 Å². The minimum atomic E-state index is -0.230. The molecule has 0 aromatic heterocycles. The van der Waals surface area contributed by atoms with Crippen LogP contribution in [-0.2, 0) is 11.2 Å². The molecule has 134 valence electrons. The van der Waals surface area contributed by atoms with Crippen LogP contribution < -0.4 is 10.5 Å². The summed E-state index contributed by atoms with van der Waals surface area (Å²) in [7, 11) is 1.67. The van der Waals surface area contributed by atoms with Gasteiger partial charge in [-0.1, -0.05) is 54.1 Å². The van der Waals surface area contributed by atoms with Crippen molar-refractivity contribution in [3.63, 3.8) is 0 Å². The second-order valence-electron chi connectivity index (χ2n) is 6.81. The lowest BCUT2D eigenvalue weighted by Crippen LogP contribution is -2.16. The van der Waals surface area contributed by atoms with Gasteiger partial charge >= 0.3 is 0 Å². The predicted octanol–water partition coefficient (Wildman–Crippen LogP) is 4.75. The average molecular weight is 347 g/mol. The van der Waals surface area contributed by atoms with E-state index in [4.69, 9.17) is 10.5 Å². The Morgan fingerprint density at radius 3 is 2.58 bits per heavy atom. The topological polar surface area (TPSA) is 52.3 Å². The molecule has 1 unspecified atom stereocenters. The first kappa shape index (κ1) is 18.2. The fourth-order valence-corrected chi connectivity index (χ4v) is 3.21. The van der Waals surface area contributed by atoms with E-state index in [-0.39, 0.29) is 11.8 Å². The molecule has 3 aromatic rings. The zero-order valence-electron chi connectivity index (χ0n) is 15.4. The molecule has 0 spiro atoms. The Morgan fingerprint density at radius 2 is 1.81 bits per heavy atom. The van der Waals surface area contributed by atoms with E-state index in [1.165, 1.54) is 5.56 Å². The molecule has 3 rings (SSSR count). The molecule has 26 heavy (non-hydrogen) atoms. The summed E-state index contributed by atoms with van der Waals surface area (Å²) in [6, 6.07) is 20.2. The lowest BCUT2D eigenvalue weighted by Gasteiger charge is -2.12. The molecule has 3 nitrogen and oxygen atoms in total. The highest BCUT2D eigenvalue weighted by Gasteiger charge is 2.12. The minimum Gasteiger partial charge on any atom is -0.497 e. The molecule has 0 amide bonds. The Bertz CT molecular complexity index is 917. The van der Waals surface area contributed by atoms with E-state index < -0.39 is 0 Å². The van der Waals surface area contributed by atoms with Gasteiger partial charge in [0.25, 0.3) is 0 Å². The molecule has 0 radical (unpaired) electrons. The van der Waals surface area contributed by atoms with Crippen LogP contribution >= 0.6 is 0 Å². The van der Waals surface area contributed by atoms with Gasteiger partial charge in [-0.25, -0.2) is 0 Å². The van der Waals surface area contributed by atoms with Gasteiger partial charge in [-0.15, -0.1) is 0 Å². The summed E-state index contributed by atoms with van der Waals surface area (Å²) in [5.74, 6) is 1.05. The number of hydrogen-bond acceptors (Lipinski definition) is 3. The van der Waals surface area contributed by atoms with E-state index in [1.54, 1.807) is 7.11 Å². The van der Waals surface area contributed by atoms with Gasteiger partial charge < -0.3 is 10.5 Å². The van der Waals surface area contributed by atoms with Gasteiger partial charge in [0.2, 0.25) is 0 Å². The van der Waals surface area contributed by atoms with Crippen LogP contribution in [0, 0.1) is 6.92 Å². The highest BCUT2D eigenvalue weighted by atomic mass is 16.5. The molecule has 0 bridgehead atoms. The monoisotopic (exact) mass is 347 g/mol. The molecule has 3 aromatic carbocycles. The Balaban J connectivity index is 1.59. The summed E-state index contributed by atoms with van der Waals surface area (Å²) in [4.78, 5) is 12.3. The summed E-state index contributed by atoms with van der Waals surface area (Å²) in [6.45, 7) is 2.04. The number of rotatable bonds is 7. The van der Waals surface area contributed by atoms with Gasteiger partial charge in [0.05, 0.1) is 7.11 Å². The fourth-order valence-electron chi connectivity index (χ4n) is 3.21. The van der Waals surface area contributed by atoms with Crippen LogP contribution in [0.5, 0.6) is 5.75 Å². The molecular formula is C23H25NO2. The lowest BCUT2D eigenvalue weighted by molar-refractivity contribution is -0.119. The first-order valence-corrected chi connectivity index (χ1v) is 8.95. The number of ketones is 1. The Labute approximate surface area is 154 Å². The van der Waals surface area contributed by atoms with Gasteiger partial charge in [0.1, 0.15) is 11.5 Å². The normalized spacial score (nSPS) is 12.1. The van der Waals surface area contributed by atoms with Crippen molar-refractivity contribution in [2.24, 2.45) is 5.73 Å². The third-order valence-corrected chi connectivity index (χ3v) is 4.72. The number of nitrogens with two attached hydrogens (primary N) is 1. The molecule has 0 fully saturated rings. The fraction of sp³-hybridized carbons (Fsp3) is 0.261. The number of methoxy groups -OCH3 is 1. The maximum Gasteiger partial charge on any atom is 0.135 e. The number of Topliss-reactive ketones (excluding diaryl/α,β-unsaturated/α-hetero) is 1. The number of carbonyl (C=O) groups is 1. The van der Waals surface area contributed by atoms with Crippen molar-refractivity contribution < 1.29 is 9.53 Å². The van der Waals surface area contributed by atoms with Crippen LogP contribution in [-0.4, -0.2) is 12.9 Å². The smallest absolute Gasteiger partial charge is 0.135 e. The van der Waals surface area contributed by atoms with Crippen molar-refractivity contribution in [2.75, 3.05) is 7.11 Å². The minimum absolute atomic E-state index is 0.203. The number of carbonyl (C=O) groups excluding carboxylic acids is 1. The molecule has 1 atom stereocenters. The van der Waals surface area contributed by atoms with Gasteiger partial charge in [-0.05, 0) is 47.4 Å². The van der Waals surface area contributed by atoms with Crippen LogP contribution in [0.2, 0.25) is 0 Å².